The summed E-state index contributed by atoms with van der Waals surface area (Å²) >= 11 is 0. The molecular formula is C26H26N4O3. The van der Waals surface area contributed by atoms with Gasteiger partial charge in [0.25, 0.3) is 5.91 Å². The van der Waals surface area contributed by atoms with Gasteiger partial charge in [0.15, 0.2) is 0 Å². The van der Waals surface area contributed by atoms with E-state index in [0.29, 0.717) is 11.3 Å². The minimum Gasteiger partial charge on any atom is -0.372 e. The molecule has 168 valence electrons. The highest BCUT2D eigenvalue weighted by Crippen LogP contribution is 2.33. The molecule has 0 saturated carbocycles. The maximum atomic E-state index is 13.3. The Morgan fingerprint density at radius 3 is 2.42 bits per heavy atom. The van der Waals surface area contributed by atoms with Crippen molar-refractivity contribution in [1.82, 2.24) is 10.2 Å². The van der Waals surface area contributed by atoms with Gasteiger partial charge in [-0.05, 0) is 60.4 Å². The van der Waals surface area contributed by atoms with Crippen molar-refractivity contribution in [3.8, 4) is 0 Å². The van der Waals surface area contributed by atoms with Gasteiger partial charge in [0.1, 0.15) is 12.1 Å². The van der Waals surface area contributed by atoms with Crippen LogP contribution in [0.4, 0.5) is 16.2 Å². The maximum absolute atomic E-state index is 13.3. The molecule has 7 nitrogen and oxygen atoms in total. The normalized spacial score (nSPS) is 20.4. The molecular weight excluding hydrogens is 416 g/mol. The first kappa shape index (κ1) is 21.0. The van der Waals surface area contributed by atoms with Crippen molar-refractivity contribution in [2.45, 2.75) is 25.3 Å². The van der Waals surface area contributed by atoms with Crippen molar-refractivity contribution < 1.29 is 14.4 Å². The van der Waals surface area contributed by atoms with Gasteiger partial charge in [-0.25, -0.2) is 4.79 Å². The molecule has 0 aliphatic carbocycles. The van der Waals surface area contributed by atoms with Gasteiger partial charge in [-0.3, -0.25) is 14.5 Å². The zero-order valence-corrected chi connectivity index (χ0v) is 18.5. The van der Waals surface area contributed by atoms with Crippen LogP contribution < -0.4 is 15.5 Å². The molecule has 2 heterocycles. The summed E-state index contributed by atoms with van der Waals surface area (Å²) in [6.45, 7) is 3.43. The van der Waals surface area contributed by atoms with Gasteiger partial charge < -0.3 is 15.5 Å². The van der Waals surface area contributed by atoms with E-state index in [1.807, 2.05) is 66.7 Å². The lowest BCUT2D eigenvalue weighted by atomic mass is 9.88. The number of hydrogen-bond acceptors (Lipinski definition) is 4. The second-order valence-electron chi connectivity index (χ2n) is 8.76. The first-order valence-electron chi connectivity index (χ1n) is 11.2. The van der Waals surface area contributed by atoms with E-state index in [4.69, 9.17) is 0 Å². The Morgan fingerprint density at radius 1 is 0.970 bits per heavy atom. The summed E-state index contributed by atoms with van der Waals surface area (Å²) in [4.78, 5) is 42.0. The van der Waals surface area contributed by atoms with Crippen LogP contribution in [0.2, 0.25) is 0 Å². The number of anilines is 2. The number of nitrogens with zero attached hydrogens (tertiary/aromatic N) is 2. The third-order valence-electron chi connectivity index (χ3n) is 6.53. The van der Waals surface area contributed by atoms with Gasteiger partial charge >= 0.3 is 6.03 Å². The average molecular weight is 443 g/mol. The second kappa shape index (κ2) is 8.24. The molecule has 0 radical (unpaired) electrons. The molecule has 33 heavy (non-hydrogen) atoms. The minimum absolute atomic E-state index is 0.348. The molecule has 2 aliphatic heterocycles. The molecule has 1 unspecified atom stereocenters. The largest absolute Gasteiger partial charge is 0.372 e. The predicted molar refractivity (Wildman–Crippen MR) is 128 cm³/mol. The van der Waals surface area contributed by atoms with E-state index in [1.54, 1.807) is 6.92 Å². The lowest BCUT2D eigenvalue weighted by Gasteiger charge is -2.24. The molecule has 4 amide bonds. The molecule has 7 heteroatoms. The molecule has 1 atom stereocenters. The highest BCUT2D eigenvalue weighted by Gasteiger charge is 2.50. The lowest BCUT2D eigenvalue weighted by molar-refractivity contribution is -0.133. The van der Waals surface area contributed by atoms with E-state index in [9.17, 15) is 14.4 Å². The fraction of sp³-hybridized carbons (Fsp3) is 0.269. The smallest absolute Gasteiger partial charge is 0.325 e. The van der Waals surface area contributed by atoms with Gasteiger partial charge in [0.05, 0.1) is 0 Å². The van der Waals surface area contributed by atoms with Crippen LogP contribution in [0.1, 0.15) is 25.3 Å². The minimum atomic E-state index is -1.24. The Morgan fingerprint density at radius 2 is 1.67 bits per heavy atom. The number of fused-ring (bicyclic) bond motifs is 1. The van der Waals surface area contributed by atoms with Crippen LogP contribution >= 0.6 is 0 Å². The lowest BCUT2D eigenvalue weighted by Crippen LogP contribution is -2.42. The quantitative estimate of drug-likeness (QED) is 0.588. The molecule has 0 bridgehead atoms. The van der Waals surface area contributed by atoms with Crippen LogP contribution in [0.5, 0.6) is 0 Å². The van der Waals surface area contributed by atoms with Crippen LogP contribution in [0.25, 0.3) is 10.8 Å². The highest BCUT2D eigenvalue weighted by molar-refractivity contribution is 6.11. The number of imide groups is 1. The number of nitrogens with one attached hydrogen (secondary N) is 2. The number of carbonyl (C=O) groups is 3. The van der Waals surface area contributed by atoms with Crippen molar-refractivity contribution in [3.63, 3.8) is 0 Å². The highest BCUT2D eigenvalue weighted by atomic mass is 16.2. The van der Waals surface area contributed by atoms with E-state index in [0.717, 1.165) is 34.4 Å². The Hall–Kier alpha value is -3.87. The molecule has 2 aliphatic rings. The van der Waals surface area contributed by atoms with Crippen LogP contribution in [-0.4, -0.2) is 42.4 Å². The standard InChI is InChI=1S/C26H26N4O3/c1-26(22-10-6-8-18-7-2-3-9-21(18)22)24(32)30(25(33)28-26)17-23(31)27-19-11-13-20(14-12-19)29-15-4-5-16-29/h2-3,6-14H,4-5,15-17H2,1H3,(H,27,31)(H,28,33). The Kier molecular flexibility index (Phi) is 5.24. The van der Waals surface area contributed by atoms with Crippen molar-refractivity contribution in [2.24, 2.45) is 0 Å². The van der Waals surface area contributed by atoms with E-state index in [2.05, 4.69) is 15.5 Å². The number of rotatable bonds is 5. The molecule has 3 aromatic rings. The average Bonchev–Trinajstić information content (AvgIpc) is 3.43. The number of hydrogen-bond donors (Lipinski definition) is 2. The fourth-order valence-corrected chi connectivity index (χ4v) is 4.76. The van der Waals surface area contributed by atoms with Gasteiger partial charge in [-0.1, -0.05) is 42.5 Å². The summed E-state index contributed by atoms with van der Waals surface area (Å²) in [5.74, 6) is -0.863. The van der Waals surface area contributed by atoms with Crippen molar-refractivity contribution in [1.29, 1.82) is 0 Å². The molecule has 0 aromatic heterocycles. The van der Waals surface area contributed by atoms with Crippen molar-refractivity contribution in [2.75, 3.05) is 29.9 Å². The second-order valence-corrected chi connectivity index (χ2v) is 8.76. The maximum Gasteiger partial charge on any atom is 0.325 e. The Bertz CT molecular complexity index is 1230. The van der Waals surface area contributed by atoms with Gasteiger partial charge in [-0.2, -0.15) is 0 Å². The first-order chi connectivity index (χ1) is 16.0. The topological polar surface area (TPSA) is 81.8 Å². The number of amides is 4. The first-order valence-corrected chi connectivity index (χ1v) is 11.2. The molecule has 5 rings (SSSR count). The zero-order chi connectivity index (χ0) is 23.0. The molecule has 2 N–H and O–H groups in total. The predicted octanol–water partition coefficient (Wildman–Crippen LogP) is 3.85. The Labute approximate surface area is 192 Å². The summed E-state index contributed by atoms with van der Waals surface area (Å²) in [5.41, 5.74) is 1.23. The van der Waals surface area contributed by atoms with Crippen molar-refractivity contribution >= 4 is 40.0 Å². The third kappa shape index (κ3) is 3.80. The van der Waals surface area contributed by atoms with Crippen LogP contribution in [0.3, 0.4) is 0 Å². The Balaban J connectivity index is 1.30. The summed E-state index contributed by atoms with van der Waals surface area (Å²) in [6.07, 6.45) is 2.39. The third-order valence-corrected chi connectivity index (χ3v) is 6.53. The van der Waals surface area contributed by atoms with Crippen LogP contribution in [0, 0.1) is 0 Å². The van der Waals surface area contributed by atoms with Crippen LogP contribution in [-0.2, 0) is 15.1 Å². The monoisotopic (exact) mass is 442 g/mol. The molecule has 0 spiro atoms. The van der Waals surface area contributed by atoms with E-state index in [1.165, 1.54) is 12.8 Å². The number of benzene rings is 3. The van der Waals surface area contributed by atoms with Gasteiger partial charge in [-0.15, -0.1) is 0 Å². The fourth-order valence-electron chi connectivity index (χ4n) is 4.76. The van der Waals surface area contributed by atoms with Gasteiger partial charge in [0.2, 0.25) is 5.91 Å². The van der Waals surface area contributed by atoms with E-state index in [-0.39, 0.29) is 6.54 Å². The summed E-state index contributed by atoms with van der Waals surface area (Å²) < 4.78 is 0. The van der Waals surface area contributed by atoms with Crippen molar-refractivity contribution in [3.05, 3.63) is 72.3 Å². The number of carbonyl (C=O) groups excluding carboxylic acids is 3. The summed E-state index contributed by atoms with van der Waals surface area (Å²) in [6, 6.07) is 20.5. The van der Waals surface area contributed by atoms with Gasteiger partial charge in [0, 0.05) is 24.5 Å². The summed E-state index contributed by atoms with van der Waals surface area (Å²) in [5, 5.41) is 7.46. The molecule has 2 fully saturated rings. The SMILES string of the molecule is CC1(c2cccc3ccccc23)NC(=O)N(CC(=O)Nc2ccc(N3CCCC3)cc2)C1=O. The summed E-state index contributed by atoms with van der Waals surface area (Å²) in [7, 11) is 0. The van der Waals surface area contributed by atoms with E-state index < -0.39 is 23.4 Å². The molecule has 2 saturated heterocycles. The number of urea groups is 1. The zero-order valence-electron chi connectivity index (χ0n) is 18.5. The van der Waals surface area contributed by atoms with E-state index >= 15 is 0 Å². The van der Waals surface area contributed by atoms with Crippen LogP contribution in [0.15, 0.2) is 66.7 Å². The molecule has 3 aromatic carbocycles.